The molecule has 0 aliphatic heterocycles. The molecule has 11 heavy (non-hydrogen) atoms. The SMILES string of the molecule is CCNC(=O)C(C)(C)C(C)=O. The van der Waals surface area contributed by atoms with Gasteiger partial charge in [0.05, 0.1) is 0 Å². The number of carbonyl (C=O) groups is 2. The van der Waals surface area contributed by atoms with Gasteiger partial charge in [-0.15, -0.1) is 0 Å². The van der Waals surface area contributed by atoms with Gasteiger partial charge in [-0.05, 0) is 27.7 Å². The van der Waals surface area contributed by atoms with Crippen molar-refractivity contribution in [1.29, 1.82) is 0 Å². The lowest BCUT2D eigenvalue weighted by Crippen LogP contribution is -2.41. The Hall–Kier alpha value is -0.860. The fourth-order valence-corrected chi connectivity index (χ4v) is 0.541. The minimum atomic E-state index is -0.879. The second-order valence-corrected chi connectivity index (χ2v) is 3.04. The van der Waals surface area contributed by atoms with E-state index in [4.69, 9.17) is 0 Å². The van der Waals surface area contributed by atoms with Crippen molar-refractivity contribution in [3.05, 3.63) is 0 Å². The van der Waals surface area contributed by atoms with E-state index in [-0.39, 0.29) is 11.7 Å². The molecular formula is C8H15NO2. The van der Waals surface area contributed by atoms with Crippen LogP contribution in [0.3, 0.4) is 0 Å². The van der Waals surface area contributed by atoms with Gasteiger partial charge >= 0.3 is 0 Å². The molecule has 64 valence electrons. The molecule has 1 N–H and O–H groups in total. The summed E-state index contributed by atoms with van der Waals surface area (Å²) in [6, 6.07) is 0. The van der Waals surface area contributed by atoms with Gasteiger partial charge in [-0.2, -0.15) is 0 Å². The third-order valence-corrected chi connectivity index (χ3v) is 1.79. The molecule has 0 aliphatic carbocycles. The van der Waals surface area contributed by atoms with Crippen LogP contribution in [0.4, 0.5) is 0 Å². The molecule has 0 aromatic rings. The topological polar surface area (TPSA) is 46.2 Å². The summed E-state index contributed by atoms with van der Waals surface area (Å²) in [4.78, 5) is 22.1. The fraction of sp³-hybridized carbons (Fsp3) is 0.750. The Balaban J connectivity index is 4.30. The van der Waals surface area contributed by atoms with E-state index < -0.39 is 5.41 Å². The second-order valence-electron chi connectivity index (χ2n) is 3.04. The lowest BCUT2D eigenvalue weighted by molar-refractivity contribution is -0.138. The number of rotatable bonds is 3. The quantitative estimate of drug-likeness (QED) is 0.614. The van der Waals surface area contributed by atoms with E-state index in [1.807, 2.05) is 6.92 Å². The molecule has 0 aliphatic rings. The number of ketones is 1. The smallest absolute Gasteiger partial charge is 0.233 e. The van der Waals surface area contributed by atoms with Crippen LogP contribution in [0.1, 0.15) is 27.7 Å². The predicted octanol–water partition coefficient (Wildman–Crippen LogP) is 0.738. The van der Waals surface area contributed by atoms with Gasteiger partial charge in [0.2, 0.25) is 5.91 Å². The van der Waals surface area contributed by atoms with Crippen LogP contribution >= 0.6 is 0 Å². The molecule has 0 rings (SSSR count). The van der Waals surface area contributed by atoms with Gasteiger partial charge in [-0.1, -0.05) is 0 Å². The molecule has 0 aromatic carbocycles. The summed E-state index contributed by atoms with van der Waals surface area (Å²) < 4.78 is 0. The third-order valence-electron chi connectivity index (χ3n) is 1.79. The van der Waals surface area contributed by atoms with E-state index >= 15 is 0 Å². The summed E-state index contributed by atoms with van der Waals surface area (Å²) in [7, 11) is 0. The molecule has 3 nitrogen and oxygen atoms in total. The highest BCUT2D eigenvalue weighted by Crippen LogP contribution is 2.15. The molecule has 1 amide bonds. The normalized spacial score (nSPS) is 10.9. The number of hydrogen-bond acceptors (Lipinski definition) is 2. The molecule has 0 bridgehead atoms. The Kier molecular flexibility index (Phi) is 3.23. The van der Waals surface area contributed by atoms with Gasteiger partial charge < -0.3 is 5.32 Å². The van der Waals surface area contributed by atoms with Crippen molar-refractivity contribution in [2.45, 2.75) is 27.7 Å². The minimum Gasteiger partial charge on any atom is -0.356 e. The Morgan fingerprint density at radius 1 is 1.36 bits per heavy atom. The van der Waals surface area contributed by atoms with Gasteiger partial charge in [0.1, 0.15) is 11.2 Å². The molecule has 0 heterocycles. The van der Waals surface area contributed by atoms with E-state index in [0.29, 0.717) is 6.54 Å². The van der Waals surface area contributed by atoms with E-state index in [1.165, 1.54) is 6.92 Å². The van der Waals surface area contributed by atoms with Crippen LogP contribution in [-0.2, 0) is 9.59 Å². The average Bonchev–Trinajstić information content (AvgIpc) is 1.88. The van der Waals surface area contributed by atoms with Gasteiger partial charge in [0.25, 0.3) is 0 Å². The Morgan fingerprint density at radius 2 is 1.82 bits per heavy atom. The molecule has 0 aromatic heterocycles. The zero-order valence-electron chi connectivity index (χ0n) is 7.52. The van der Waals surface area contributed by atoms with E-state index in [9.17, 15) is 9.59 Å². The summed E-state index contributed by atoms with van der Waals surface area (Å²) in [6.45, 7) is 7.07. The van der Waals surface area contributed by atoms with E-state index in [2.05, 4.69) is 5.32 Å². The van der Waals surface area contributed by atoms with E-state index in [1.54, 1.807) is 13.8 Å². The highest BCUT2D eigenvalue weighted by molar-refractivity contribution is 6.04. The van der Waals surface area contributed by atoms with Crippen LogP contribution in [-0.4, -0.2) is 18.2 Å². The van der Waals surface area contributed by atoms with Crippen molar-refractivity contribution in [2.24, 2.45) is 5.41 Å². The summed E-state index contributed by atoms with van der Waals surface area (Å²) in [5.74, 6) is -0.309. The first-order valence-electron chi connectivity index (χ1n) is 3.72. The number of Topliss-reactive ketones (excluding diaryl/α,β-unsaturated/α-hetero) is 1. The molecule has 0 unspecified atom stereocenters. The molecule has 0 radical (unpaired) electrons. The number of carbonyl (C=O) groups excluding carboxylic acids is 2. The molecular weight excluding hydrogens is 142 g/mol. The Bertz CT molecular complexity index is 173. The van der Waals surface area contributed by atoms with Gasteiger partial charge in [-0.25, -0.2) is 0 Å². The van der Waals surface area contributed by atoms with Crippen LogP contribution in [0.2, 0.25) is 0 Å². The van der Waals surface area contributed by atoms with Gasteiger partial charge in [0, 0.05) is 6.54 Å². The lowest BCUT2D eigenvalue weighted by atomic mass is 9.88. The highest BCUT2D eigenvalue weighted by Gasteiger charge is 2.31. The summed E-state index contributed by atoms with van der Waals surface area (Å²) in [6.07, 6.45) is 0. The first-order chi connectivity index (χ1) is 4.92. The number of nitrogens with one attached hydrogen (secondary N) is 1. The maximum atomic E-state index is 11.2. The van der Waals surface area contributed by atoms with Gasteiger partial charge in [-0.3, -0.25) is 9.59 Å². The lowest BCUT2D eigenvalue weighted by Gasteiger charge is -2.19. The fourth-order valence-electron chi connectivity index (χ4n) is 0.541. The first-order valence-corrected chi connectivity index (χ1v) is 3.72. The second kappa shape index (κ2) is 3.51. The minimum absolute atomic E-state index is 0.108. The molecule has 0 saturated heterocycles. The molecule has 0 spiro atoms. The zero-order valence-corrected chi connectivity index (χ0v) is 7.52. The Labute approximate surface area is 67.2 Å². The monoisotopic (exact) mass is 157 g/mol. The predicted molar refractivity (Wildman–Crippen MR) is 43.1 cm³/mol. The van der Waals surface area contributed by atoms with Crippen molar-refractivity contribution in [3.8, 4) is 0 Å². The standard InChI is InChI=1S/C8H15NO2/c1-5-9-7(11)8(3,4)6(2)10/h5H2,1-4H3,(H,9,11). The van der Waals surface area contributed by atoms with Crippen LogP contribution < -0.4 is 5.32 Å². The van der Waals surface area contributed by atoms with Crippen LogP contribution in [0.15, 0.2) is 0 Å². The summed E-state index contributed by atoms with van der Waals surface area (Å²) in [5, 5.41) is 2.61. The molecule has 3 heteroatoms. The number of hydrogen-bond donors (Lipinski definition) is 1. The Morgan fingerprint density at radius 3 is 2.09 bits per heavy atom. The first kappa shape index (κ1) is 10.1. The maximum absolute atomic E-state index is 11.2. The average molecular weight is 157 g/mol. The third kappa shape index (κ3) is 2.33. The summed E-state index contributed by atoms with van der Waals surface area (Å²) >= 11 is 0. The van der Waals surface area contributed by atoms with Crippen LogP contribution in [0.5, 0.6) is 0 Å². The number of amides is 1. The molecule has 0 saturated carbocycles. The van der Waals surface area contributed by atoms with Crippen molar-refractivity contribution in [2.75, 3.05) is 6.54 Å². The summed E-state index contributed by atoms with van der Waals surface area (Å²) in [5.41, 5.74) is -0.879. The molecule has 0 atom stereocenters. The van der Waals surface area contributed by atoms with Crippen molar-refractivity contribution < 1.29 is 9.59 Å². The van der Waals surface area contributed by atoms with Crippen LogP contribution in [0.25, 0.3) is 0 Å². The van der Waals surface area contributed by atoms with E-state index in [0.717, 1.165) is 0 Å². The maximum Gasteiger partial charge on any atom is 0.233 e. The molecule has 0 fully saturated rings. The zero-order chi connectivity index (χ0) is 9.07. The van der Waals surface area contributed by atoms with Crippen molar-refractivity contribution in [1.82, 2.24) is 5.32 Å². The van der Waals surface area contributed by atoms with Crippen molar-refractivity contribution in [3.63, 3.8) is 0 Å². The van der Waals surface area contributed by atoms with Crippen molar-refractivity contribution >= 4 is 11.7 Å². The van der Waals surface area contributed by atoms with Gasteiger partial charge in [0.15, 0.2) is 0 Å². The highest BCUT2D eigenvalue weighted by atomic mass is 16.2. The largest absolute Gasteiger partial charge is 0.356 e. The van der Waals surface area contributed by atoms with Crippen LogP contribution in [0, 0.1) is 5.41 Å².